The van der Waals surface area contributed by atoms with E-state index in [0.717, 1.165) is 30.9 Å². The van der Waals surface area contributed by atoms with E-state index in [0.29, 0.717) is 18.7 Å². The van der Waals surface area contributed by atoms with Gasteiger partial charge in [0.15, 0.2) is 5.82 Å². The first-order valence-corrected chi connectivity index (χ1v) is 8.58. The van der Waals surface area contributed by atoms with Crippen molar-refractivity contribution in [2.45, 2.75) is 25.7 Å². The Hall–Kier alpha value is -2.47. The van der Waals surface area contributed by atoms with Gasteiger partial charge in [-0.05, 0) is 43.0 Å². The van der Waals surface area contributed by atoms with Crippen molar-refractivity contribution in [1.82, 2.24) is 15.1 Å². The lowest BCUT2D eigenvalue weighted by atomic mass is 10.1. The molecular weight excluding hydrogens is 343 g/mol. The zero-order valence-electron chi connectivity index (χ0n) is 13.4. The van der Waals surface area contributed by atoms with E-state index in [-0.39, 0.29) is 16.4 Å². The molecule has 2 aromatic heterocycles. The number of nitrogens with one attached hydrogen (secondary N) is 1. The minimum absolute atomic E-state index is 0.0367. The number of anilines is 1. The lowest BCUT2D eigenvalue weighted by Crippen LogP contribution is -2.14. The molecule has 3 heterocycles. The van der Waals surface area contributed by atoms with Crippen molar-refractivity contribution in [2.75, 3.05) is 11.9 Å². The highest BCUT2D eigenvalue weighted by Gasteiger charge is 2.15. The van der Waals surface area contributed by atoms with Crippen molar-refractivity contribution in [1.29, 1.82) is 0 Å². The van der Waals surface area contributed by atoms with Crippen LogP contribution in [0.2, 0.25) is 5.02 Å². The zero-order chi connectivity index (χ0) is 17.2. The van der Waals surface area contributed by atoms with Crippen LogP contribution >= 0.6 is 11.6 Å². The van der Waals surface area contributed by atoms with E-state index >= 15 is 0 Å². The minimum atomic E-state index is -0.543. The molecule has 1 aromatic carbocycles. The fourth-order valence-electron chi connectivity index (χ4n) is 2.89. The van der Waals surface area contributed by atoms with Gasteiger partial charge in [-0.15, -0.1) is 0 Å². The standard InChI is InChI=1S/C18H16ClFN4O/c19-14-5-1-4-13(16(14)20)18-23-15(25-24-18)9-8-12-7-6-11-3-2-10-21-17(11)22-12/h1,4-7H,2-3,8-10H2,(H,21,22). The number of fused-ring (bicyclic) bond motifs is 1. The van der Waals surface area contributed by atoms with Crippen LogP contribution in [0.15, 0.2) is 34.9 Å². The van der Waals surface area contributed by atoms with E-state index in [1.807, 2.05) is 6.07 Å². The van der Waals surface area contributed by atoms with E-state index < -0.39 is 5.82 Å². The first-order chi connectivity index (χ1) is 12.2. The summed E-state index contributed by atoms with van der Waals surface area (Å²) in [5, 5.41) is 7.21. The molecule has 0 saturated carbocycles. The number of nitrogens with zero attached hydrogens (tertiary/aromatic N) is 3. The van der Waals surface area contributed by atoms with Gasteiger partial charge < -0.3 is 9.84 Å². The van der Waals surface area contributed by atoms with Crippen molar-refractivity contribution < 1.29 is 8.91 Å². The predicted octanol–water partition coefficient (Wildman–Crippen LogP) is 4.07. The number of aromatic nitrogens is 3. The van der Waals surface area contributed by atoms with Crippen molar-refractivity contribution in [3.8, 4) is 11.4 Å². The third-order valence-electron chi connectivity index (χ3n) is 4.21. The second kappa shape index (κ2) is 6.80. The molecule has 0 amide bonds. The molecule has 3 aromatic rings. The smallest absolute Gasteiger partial charge is 0.227 e. The summed E-state index contributed by atoms with van der Waals surface area (Å²) in [6.45, 7) is 0.960. The number of hydrogen-bond donors (Lipinski definition) is 1. The number of pyridine rings is 1. The highest BCUT2D eigenvalue weighted by atomic mass is 35.5. The summed E-state index contributed by atoms with van der Waals surface area (Å²) in [6.07, 6.45) is 3.42. The normalized spacial score (nSPS) is 13.4. The summed E-state index contributed by atoms with van der Waals surface area (Å²) in [7, 11) is 0. The van der Waals surface area contributed by atoms with Crippen LogP contribution in [-0.4, -0.2) is 21.7 Å². The Morgan fingerprint density at radius 1 is 1.16 bits per heavy atom. The Balaban J connectivity index is 1.47. The fraction of sp³-hybridized carbons (Fsp3) is 0.278. The van der Waals surface area contributed by atoms with E-state index in [1.54, 1.807) is 12.1 Å². The van der Waals surface area contributed by atoms with Gasteiger partial charge in [0.25, 0.3) is 0 Å². The van der Waals surface area contributed by atoms with Crippen LogP contribution in [-0.2, 0) is 19.3 Å². The van der Waals surface area contributed by atoms with Crippen molar-refractivity contribution in [2.24, 2.45) is 0 Å². The summed E-state index contributed by atoms with van der Waals surface area (Å²) >= 11 is 5.79. The first kappa shape index (κ1) is 16.0. The molecule has 7 heteroatoms. The summed E-state index contributed by atoms with van der Waals surface area (Å²) in [5.41, 5.74) is 2.45. The fourth-order valence-corrected chi connectivity index (χ4v) is 3.06. The van der Waals surface area contributed by atoms with Crippen molar-refractivity contribution >= 4 is 17.4 Å². The Kier molecular flexibility index (Phi) is 4.36. The van der Waals surface area contributed by atoms with Crippen LogP contribution in [0.1, 0.15) is 23.6 Å². The Labute approximate surface area is 149 Å². The number of rotatable bonds is 4. The topological polar surface area (TPSA) is 63.8 Å². The van der Waals surface area contributed by atoms with Gasteiger partial charge in [-0.1, -0.05) is 28.9 Å². The molecule has 0 spiro atoms. The van der Waals surface area contributed by atoms with Gasteiger partial charge in [-0.2, -0.15) is 4.98 Å². The van der Waals surface area contributed by atoms with Gasteiger partial charge in [-0.25, -0.2) is 9.37 Å². The number of aryl methyl sites for hydroxylation is 3. The van der Waals surface area contributed by atoms with Crippen LogP contribution in [0.3, 0.4) is 0 Å². The second-order valence-corrected chi connectivity index (χ2v) is 6.36. The molecule has 1 aliphatic rings. The lowest BCUT2D eigenvalue weighted by molar-refractivity contribution is 0.378. The summed E-state index contributed by atoms with van der Waals surface area (Å²) in [4.78, 5) is 8.91. The van der Waals surface area contributed by atoms with E-state index in [1.165, 1.54) is 11.6 Å². The third kappa shape index (κ3) is 3.35. The van der Waals surface area contributed by atoms with Crippen molar-refractivity contribution in [3.63, 3.8) is 0 Å². The van der Waals surface area contributed by atoms with Gasteiger partial charge >= 0.3 is 0 Å². The van der Waals surface area contributed by atoms with E-state index in [2.05, 4.69) is 26.5 Å². The van der Waals surface area contributed by atoms with E-state index in [4.69, 9.17) is 16.1 Å². The van der Waals surface area contributed by atoms with Gasteiger partial charge in [0.2, 0.25) is 11.7 Å². The molecule has 0 bridgehead atoms. The molecule has 0 saturated heterocycles. The van der Waals surface area contributed by atoms with E-state index in [9.17, 15) is 4.39 Å². The van der Waals surface area contributed by atoms with Gasteiger partial charge in [0.05, 0.1) is 10.6 Å². The van der Waals surface area contributed by atoms with Crippen LogP contribution in [0, 0.1) is 5.82 Å². The number of hydrogen-bond acceptors (Lipinski definition) is 5. The van der Waals surface area contributed by atoms with Gasteiger partial charge in [0, 0.05) is 18.7 Å². The van der Waals surface area contributed by atoms with Crippen LogP contribution < -0.4 is 5.32 Å². The number of benzene rings is 1. The molecule has 0 fully saturated rings. The zero-order valence-corrected chi connectivity index (χ0v) is 14.2. The maximum atomic E-state index is 14.0. The van der Waals surface area contributed by atoms with Gasteiger partial charge in [0.1, 0.15) is 5.82 Å². The monoisotopic (exact) mass is 358 g/mol. The maximum Gasteiger partial charge on any atom is 0.227 e. The molecular formula is C18H16ClFN4O. The van der Waals surface area contributed by atoms with Gasteiger partial charge in [-0.3, -0.25) is 0 Å². The largest absolute Gasteiger partial charge is 0.370 e. The maximum absolute atomic E-state index is 14.0. The Morgan fingerprint density at radius 2 is 2.08 bits per heavy atom. The SMILES string of the molecule is Fc1c(Cl)cccc1-c1noc(CCc2ccc3c(n2)NCCC3)n1. The third-order valence-corrected chi connectivity index (χ3v) is 4.50. The summed E-state index contributed by atoms with van der Waals surface area (Å²) in [5.74, 6) is 1.08. The molecule has 0 radical (unpaired) electrons. The number of halogens is 2. The molecule has 128 valence electrons. The molecule has 1 N–H and O–H groups in total. The second-order valence-electron chi connectivity index (χ2n) is 5.95. The summed E-state index contributed by atoms with van der Waals surface area (Å²) < 4.78 is 19.3. The Bertz CT molecular complexity index is 912. The molecule has 4 rings (SSSR count). The average molecular weight is 359 g/mol. The minimum Gasteiger partial charge on any atom is -0.370 e. The van der Waals surface area contributed by atoms with Crippen molar-refractivity contribution in [3.05, 3.63) is 58.3 Å². The molecule has 0 atom stereocenters. The molecule has 1 aliphatic heterocycles. The average Bonchev–Trinajstić information content (AvgIpc) is 3.11. The van der Waals surface area contributed by atoms with Crippen LogP contribution in [0.4, 0.5) is 10.2 Å². The molecule has 25 heavy (non-hydrogen) atoms. The quantitative estimate of drug-likeness (QED) is 0.761. The predicted molar refractivity (Wildman–Crippen MR) is 93.2 cm³/mol. The molecule has 0 aliphatic carbocycles. The Morgan fingerprint density at radius 3 is 3.00 bits per heavy atom. The first-order valence-electron chi connectivity index (χ1n) is 8.20. The molecule has 5 nitrogen and oxygen atoms in total. The highest BCUT2D eigenvalue weighted by Crippen LogP contribution is 2.25. The summed E-state index contributed by atoms with van der Waals surface area (Å²) in [6, 6.07) is 8.86. The van der Waals surface area contributed by atoms with Crippen LogP contribution in [0.5, 0.6) is 0 Å². The lowest BCUT2D eigenvalue weighted by Gasteiger charge is -2.17. The highest BCUT2D eigenvalue weighted by molar-refractivity contribution is 6.31. The molecule has 0 unspecified atom stereocenters. The van der Waals surface area contributed by atoms with Crippen LogP contribution in [0.25, 0.3) is 11.4 Å².